The Balaban J connectivity index is 1.57. The lowest BCUT2D eigenvalue weighted by Crippen LogP contribution is -2.49. The minimum absolute atomic E-state index is 0.0498. The Bertz CT molecular complexity index is 1390. The number of guanidine groups is 2. The molecule has 0 radical (unpaired) electrons. The van der Waals surface area contributed by atoms with Crippen LogP contribution in [0.3, 0.4) is 0 Å². The van der Waals surface area contributed by atoms with E-state index in [2.05, 4.69) is 15.3 Å². The number of hydrogen-bond donors (Lipinski definition) is 6. The molecule has 11 N–H and O–H groups in total. The highest BCUT2D eigenvalue weighted by Gasteiger charge is 2.30. The number of nitrogens with two attached hydrogens (primary N) is 5. The van der Waals surface area contributed by atoms with Crippen molar-refractivity contribution in [2.24, 2.45) is 38.7 Å². The average molecular weight is 635 g/mol. The van der Waals surface area contributed by atoms with Crippen molar-refractivity contribution >= 4 is 45.4 Å². The third kappa shape index (κ3) is 12.0. The summed E-state index contributed by atoms with van der Waals surface area (Å²) in [5.74, 6) is 0.767. The van der Waals surface area contributed by atoms with Gasteiger partial charge in [-0.25, -0.2) is 13.2 Å². The number of rotatable bonds is 17. The van der Waals surface area contributed by atoms with Gasteiger partial charge < -0.3 is 43.5 Å². The molecule has 0 spiro atoms. The Kier molecular flexibility index (Phi) is 12.5. The average Bonchev–Trinajstić information content (AvgIpc) is 3.77. The summed E-state index contributed by atoms with van der Waals surface area (Å²) >= 11 is 1.63. The van der Waals surface area contributed by atoms with Crippen LogP contribution in [0.2, 0.25) is 0 Å². The molecule has 1 unspecified atom stereocenters. The molecule has 0 aromatic heterocycles. The van der Waals surface area contributed by atoms with Crippen LogP contribution in [0.5, 0.6) is 17.2 Å². The normalized spacial score (nSPS) is 15.4. The minimum Gasteiger partial charge on any atom is -0.457 e. The molecule has 3 rings (SSSR count). The molecule has 1 amide bonds. The standard InChI is InChI=1S/C27H38N8O6S2/c28-22(3-1-13-33-26(29)30)24(36)35-23(4-2-14-34-27(31)32)25(37)41-19-7-5-17(6-8-19)40-18-9-11-21(12-10-18)43(38,39)16-20-15-42-20/h5-12,20,22-23H,1-4,13-16,28H2,(H,35,36)(H4,29,30,33)(H4,31,32,34)/t20?,22-,23-/m0/s1. The summed E-state index contributed by atoms with van der Waals surface area (Å²) in [5.41, 5.74) is 27.3. The van der Waals surface area contributed by atoms with Gasteiger partial charge in [0.15, 0.2) is 21.8 Å². The summed E-state index contributed by atoms with van der Waals surface area (Å²) in [7, 11) is -3.33. The number of thioether (sulfide) groups is 1. The topological polar surface area (TPSA) is 254 Å². The highest BCUT2D eigenvalue weighted by Crippen LogP contribution is 2.33. The van der Waals surface area contributed by atoms with Gasteiger partial charge >= 0.3 is 5.97 Å². The van der Waals surface area contributed by atoms with E-state index < -0.39 is 33.8 Å². The van der Waals surface area contributed by atoms with Crippen molar-refractivity contribution in [1.82, 2.24) is 5.32 Å². The molecule has 1 aliphatic rings. The maximum Gasteiger partial charge on any atom is 0.334 e. The number of aliphatic imine (C=N–C) groups is 2. The van der Waals surface area contributed by atoms with Crippen molar-refractivity contribution in [2.75, 3.05) is 24.6 Å². The molecule has 0 saturated carbocycles. The van der Waals surface area contributed by atoms with Crippen molar-refractivity contribution in [3.63, 3.8) is 0 Å². The van der Waals surface area contributed by atoms with Crippen LogP contribution in [-0.2, 0) is 19.4 Å². The summed E-state index contributed by atoms with van der Waals surface area (Å²) < 4.78 is 36.2. The van der Waals surface area contributed by atoms with Crippen molar-refractivity contribution in [2.45, 2.75) is 47.9 Å². The van der Waals surface area contributed by atoms with Gasteiger partial charge in [0.2, 0.25) is 5.91 Å². The number of sulfone groups is 1. The van der Waals surface area contributed by atoms with E-state index in [1.807, 2.05) is 0 Å². The Morgan fingerprint density at radius 2 is 1.40 bits per heavy atom. The number of amides is 1. The van der Waals surface area contributed by atoms with Crippen LogP contribution in [0.15, 0.2) is 63.4 Å². The van der Waals surface area contributed by atoms with Gasteiger partial charge in [-0.3, -0.25) is 14.8 Å². The fraction of sp³-hybridized carbons (Fsp3) is 0.407. The lowest BCUT2D eigenvalue weighted by atomic mass is 10.1. The summed E-state index contributed by atoms with van der Waals surface area (Å²) in [6, 6.07) is 10.6. The van der Waals surface area contributed by atoms with Gasteiger partial charge in [0, 0.05) is 24.1 Å². The number of ether oxygens (including phenoxy) is 2. The van der Waals surface area contributed by atoms with Crippen LogP contribution in [0.25, 0.3) is 0 Å². The lowest BCUT2D eigenvalue weighted by Gasteiger charge is -2.20. The first kappa shape index (κ1) is 33.5. The first-order chi connectivity index (χ1) is 20.4. The molecular formula is C27H38N8O6S2. The van der Waals surface area contributed by atoms with E-state index in [0.717, 1.165) is 5.75 Å². The van der Waals surface area contributed by atoms with Gasteiger partial charge in [-0.05, 0) is 74.2 Å². The SMILES string of the molecule is NC(N)=NCCC[C@H](NC(=O)[C@@H](N)CCCN=C(N)N)C(=O)Oc1ccc(Oc2ccc(S(=O)(=O)CC3CS3)cc2)cc1. The second-order valence-corrected chi connectivity index (χ2v) is 13.1. The first-order valence-electron chi connectivity index (χ1n) is 13.5. The lowest BCUT2D eigenvalue weighted by molar-refractivity contribution is -0.139. The zero-order valence-corrected chi connectivity index (χ0v) is 25.2. The van der Waals surface area contributed by atoms with Gasteiger partial charge in [0.05, 0.1) is 16.7 Å². The van der Waals surface area contributed by atoms with Gasteiger partial charge in [-0.2, -0.15) is 11.8 Å². The van der Waals surface area contributed by atoms with Gasteiger partial charge in [-0.15, -0.1) is 0 Å². The third-order valence-corrected chi connectivity index (χ3v) is 9.13. The van der Waals surface area contributed by atoms with E-state index in [9.17, 15) is 18.0 Å². The predicted octanol–water partition coefficient (Wildman–Crippen LogP) is 0.193. The number of carbonyl (C=O) groups is 2. The molecule has 1 saturated heterocycles. The van der Waals surface area contributed by atoms with E-state index in [0.29, 0.717) is 37.3 Å². The Hall–Kier alpha value is -4.02. The molecule has 14 nitrogen and oxygen atoms in total. The molecule has 2 aromatic carbocycles. The van der Waals surface area contributed by atoms with E-state index in [1.165, 1.54) is 24.3 Å². The van der Waals surface area contributed by atoms with Crippen LogP contribution in [0.4, 0.5) is 0 Å². The fourth-order valence-corrected chi connectivity index (χ4v) is 6.48. The summed E-state index contributed by atoms with van der Waals surface area (Å²) in [6.07, 6.45) is 1.37. The maximum absolute atomic E-state index is 13.0. The zero-order chi connectivity index (χ0) is 31.4. The largest absolute Gasteiger partial charge is 0.457 e. The third-order valence-electron chi connectivity index (χ3n) is 6.12. The molecule has 234 valence electrons. The molecule has 0 bridgehead atoms. The summed E-state index contributed by atoms with van der Waals surface area (Å²) in [4.78, 5) is 33.7. The molecule has 1 fully saturated rings. The first-order valence-corrected chi connectivity index (χ1v) is 16.2. The number of nitrogens with zero attached hydrogens (tertiary/aromatic N) is 2. The van der Waals surface area contributed by atoms with E-state index in [1.54, 1.807) is 36.0 Å². The Morgan fingerprint density at radius 1 is 0.884 bits per heavy atom. The molecule has 1 aliphatic heterocycles. The molecule has 0 aliphatic carbocycles. The minimum atomic E-state index is -3.33. The maximum atomic E-state index is 13.0. The Labute approximate surface area is 254 Å². The van der Waals surface area contributed by atoms with Crippen LogP contribution in [0.1, 0.15) is 25.7 Å². The second kappa shape index (κ2) is 16.0. The van der Waals surface area contributed by atoms with Gasteiger partial charge in [-0.1, -0.05) is 0 Å². The number of benzene rings is 2. The number of esters is 1. The molecule has 3 atom stereocenters. The van der Waals surface area contributed by atoms with E-state index >= 15 is 0 Å². The van der Waals surface area contributed by atoms with Crippen LogP contribution in [0, 0.1) is 0 Å². The number of carbonyl (C=O) groups excluding carboxylic acids is 2. The zero-order valence-electron chi connectivity index (χ0n) is 23.6. The number of hydrogen-bond acceptors (Lipinski definition) is 10. The predicted molar refractivity (Wildman–Crippen MR) is 167 cm³/mol. The number of nitrogens with one attached hydrogen (secondary N) is 1. The second-order valence-electron chi connectivity index (χ2n) is 9.77. The Morgan fingerprint density at radius 3 is 1.93 bits per heavy atom. The van der Waals surface area contributed by atoms with Gasteiger partial charge in [0.25, 0.3) is 0 Å². The van der Waals surface area contributed by atoms with Crippen molar-refractivity contribution in [1.29, 1.82) is 0 Å². The van der Waals surface area contributed by atoms with Gasteiger partial charge in [0.1, 0.15) is 23.3 Å². The monoisotopic (exact) mass is 634 g/mol. The van der Waals surface area contributed by atoms with Crippen molar-refractivity contribution in [3.05, 3.63) is 48.5 Å². The van der Waals surface area contributed by atoms with E-state index in [-0.39, 0.29) is 46.5 Å². The molecule has 16 heteroatoms. The van der Waals surface area contributed by atoms with Crippen LogP contribution in [-0.4, -0.2) is 74.1 Å². The molecular weight excluding hydrogens is 596 g/mol. The highest BCUT2D eigenvalue weighted by molar-refractivity contribution is 8.08. The molecule has 2 aromatic rings. The smallest absolute Gasteiger partial charge is 0.334 e. The van der Waals surface area contributed by atoms with Crippen LogP contribution < -0.4 is 43.5 Å². The van der Waals surface area contributed by atoms with E-state index in [4.69, 9.17) is 38.1 Å². The van der Waals surface area contributed by atoms with Crippen molar-refractivity contribution in [3.8, 4) is 17.2 Å². The summed E-state index contributed by atoms with van der Waals surface area (Å²) in [6.45, 7) is 0.574. The molecule has 43 heavy (non-hydrogen) atoms. The highest BCUT2D eigenvalue weighted by atomic mass is 32.2. The molecule has 1 heterocycles. The fourth-order valence-electron chi connectivity index (χ4n) is 3.80. The summed E-state index contributed by atoms with van der Waals surface area (Å²) in [5, 5.41) is 2.82. The van der Waals surface area contributed by atoms with Crippen molar-refractivity contribution < 1.29 is 27.5 Å². The van der Waals surface area contributed by atoms with Crippen LogP contribution >= 0.6 is 11.8 Å². The quantitative estimate of drug-likeness (QED) is 0.0341.